The van der Waals surface area contributed by atoms with Crippen LogP contribution < -0.4 is 5.32 Å². The summed E-state index contributed by atoms with van der Waals surface area (Å²) in [6.07, 6.45) is 2.05. The van der Waals surface area contributed by atoms with Crippen LogP contribution in [0, 0.1) is 10.1 Å². The molecule has 0 bridgehead atoms. The van der Waals surface area contributed by atoms with Gasteiger partial charge < -0.3 is 10.2 Å². The summed E-state index contributed by atoms with van der Waals surface area (Å²) in [4.78, 5) is 37.0. The van der Waals surface area contributed by atoms with E-state index < -0.39 is 10.8 Å². The number of para-hydroxylation sites is 1. The van der Waals surface area contributed by atoms with Crippen LogP contribution in [0.1, 0.15) is 39.1 Å². The van der Waals surface area contributed by atoms with Crippen molar-refractivity contribution < 1.29 is 14.5 Å². The molecule has 1 aliphatic heterocycles. The fourth-order valence-electron chi connectivity index (χ4n) is 3.02. The number of amides is 2. The van der Waals surface area contributed by atoms with Crippen LogP contribution in [-0.4, -0.2) is 34.7 Å². The summed E-state index contributed by atoms with van der Waals surface area (Å²) in [5.41, 5.74) is 1.14. The first-order chi connectivity index (χ1) is 12.6. The van der Waals surface area contributed by atoms with Gasteiger partial charge in [0.25, 0.3) is 17.5 Å². The highest BCUT2D eigenvalue weighted by molar-refractivity contribution is 5.98. The zero-order chi connectivity index (χ0) is 18.5. The first-order valence-electron chi connectivity index (χ1n) is 8.46. The van der Waals surface area contributed by atoms with Crippen molar-refractivity contribution in [1.29, 1.82) is 0 Å². The van der Waals surface area contributed by atoms with E-state index >= 15 is 0 Å². The van der Waals surface area contributed by atoms with E-state index in [1.807, 2.05) is 4.90 Å². The molecule has 1 fully saturated rings. The van der Waals surface area contributed by atoms with Crippen molar-refractivity contribution in [2.24, 2.45) is 0 Å². The van der Waals surface area contributed by atoms with Gasteiger partial charge in [-0.3, -0.25) is 19.7 Å². The number of carbonyl (C=O) groups excluding carboxylic acids is 2. The molecule has 0 aromatic heterocycles. The summed E-state index contributed by atoms with van der Waals surface area (Å²) in [6, 6.07) is 12.9. The zero-order valence-electron chi connectivity index (χ0n) is 14.2. The summed E-state index contributed by atoms with van der Waals surface area (Å²) in [5, 5.41) is 13.7. The van der Waals surface area contributed by atoms with Gasteiger partial charge in [0, 0.05) is 31.3 Å². The smallest absolute Gasteiger partial charge is 0.282 e. The van der Waals surface area contributed by atoms with E-state index in [9.17, 15) is 19.7 Å². The highest BCUT2D eigenvalue weighted by Crippen LogP contribution is 2.18. The molecule has 0 atom stereocenters. The van der Waals surface area contributed by atoms with Crippen LogP contribution in [0.25, 0.3) is 0 Å². The van der Waals surface area contributed by atoms with Gasteiger partial charge in [-0.15, -0.1) is 0 Å². The fourth-order valence-corrected chi connectivity index (χ4v) is 3.02. The summed E-state index contributed by atoms with van der Waals surface area (Å²) < 4.78 is 0. The number of rotatable bonds is 5. The second kappa shape index (κ2) is 7.77. The lowest BCUT2D eigenvalue weighted by atomic mass is 10.1. The van der Waals surface area contributed by atoms with Gasteiger partial charge >= 0.3 is 0 Å². The molecule has 1 N–H and O–H groups in total. The van der Waals surface area contributed by atoms with Crippen molar-refractivity contribution >= 4 is 17.5 Å². The first-order valence-corrected chi connectivity index (χ1v) is 8.46. The normalized spacial score (nSPS) is 13.5. The lowest BCUT2D eigenvalue weighted by molar-refractivity contribution is -0.385. The number of carbonyl (C=O) groups is 2. The lowest BCUT2D eigenvalue weighted by Gasteiger charge is -2.15. The van der Waals surface area contributed by atoms with E-state index in [2.05, 4.69) is 5.32 Å². The Morgan fingerprint density at radius 3 is 2.54 bits per heavy atom. The van der Waals surface area contributed by atoms with Gasteiger partial charge in [0.1, 0.15) is 5.56 Å². The van der Waals surface area contributed by atoms with Gasteiger partial charge in [-0.2, -0.15) is 0 Å². The zero-order valence-corrected chi connectivity index (χ0v) is 14.2. The van der Waals surface area contributed by atoms with Crippen molar-refractivity contribution in [3.8, 4) is 0 Å². The summed E-state index contributed by atoms with van der Waals surface area (Å²) in [7, 11) is 0. The molecule has 7 heteroatoms. The number of likely N-dealkylation sites (tertiary alicyclic amines) is 1. The third kappa shape index (κ3) is 3.88. The Kier molecular flexibility index (Phi) is 5.26. The Morgan fingerprint density at radius 1 is 1.08 bits per heavy atom. The number of hydrogen-bond acceptors (Lipinski definition) is 4. The molecule has 3 rings (SSSR count). The van der Waals surface area contributed by atoms with Crippen LogP contribution >= 0.6 is 0 Å². The third-order valence-electron chi connectivity index (χ3n) is 4.37. The predicted molar refractivity (Wildman–Crippen MR) is 95.8 cm³/mol. The molecule has 2 amide bonds. The van der Waals surface area contributed by atoms with Gasteiger partial charge in [0.15, 0.2) is 0 Å². The summed E-state index contributed by atoms with van der Waals surface area (Å²) >= 11 is 0. The molecule has 2 aromatic rings. The van der Waals surface area contributed by atoms with E-state index in [0.717, 1.165) is 31.5 Å². The number of nitrogens with one attached hydrogen (secondary N) is 1. The number of nitrogens with zero attached hydrogens (tertiary/aromatic N) is 2. The van der Waals surface area contributed by atoms with Crippen LogP contribution in [-0.2, 0) is 6.54 Å². The highest BCUT2D eigenvalue weighted by atomic mass is 16.6. The quantitative estimate of drug-likeness (QED) is 0.661. The monoisotopic (exact) mass is 353 g/mol. The topological polar surface area (TPSA) is 92.6 Å². The highest BCUT2D eigenvalue weighted by Gasteiger charge is 2.20. The predicted octanol–water partition coefficient (Wildman–Crippen LogP) is 2.76. The van der Waals surface area contributed by atoms with Crippen LogP contribution in [0.4, 0.5) is 5.69 Å². The average Bonchev–Trinajstić information content (AvgIpc) is 3.20. The minimum Gasteiger partial charge on any atom is -0.348 e. The van der Waals surface area contributed by atoms with Crippen molar-refractivity contribution in [1.82, 2.24) is 10.2 Å². The molecular formula is C19H19N3O4. The molecule has 134 valence electrons. The van der Waals surface area contributed by atoms with E-state index in [0.29, 0.717) is 5.56 Å². The van der Waals surface area contributed by atoms with Gasteiger partial charge in [-0.25, -0.2) is 0 Å². The van der Waals surface area contributed by atoms with E-state index in [-0.39, 0.29) is 23.7 Å². The van der Waals surface area contributed by atoms with E-state index in [4.69, 9.17) is 0 Å². The molecule has 1 heterocycles. The maximum Gasteiger partial charge on any atom is 0.282 e. The van der Waals surface area contributed by atoms with Gasteiger partial charge in [-0.05, 0) is 36.6 Å². The van der Waals surface area contributed by atoms with E-state index in [1.54, 1.807) is 30.3 Å². The first kappa shape index (κ1) is 17.6. The molecule has 0 aliphatic carbocycles. The Labute approximate surface area is 150 Å². The summed E-state index contributed by atoms with van der Waals surface area (Å²) in [5.74, 6) is -0.525. The maximum absolute atomic E-state index is 12.4. The Balaban J connectivity index is 1.68. The average molecular weight is 353 g/mol. The number of benzene rings is 2. The van der Waals surface area contributed by atoms with Crippen molar-refractivity contribution in [3.05, 3.63) is 75.3 Å². The second-order valence-corrected chi connectivity index (χ2v) is 6.16. The third-order valence-corrected chi connectivity index (χ3v) is 4.37. The van der Waals surface area contributed by atoms with Crippen LogP contribution in [0.2, 0.25) is 0 Å². The molecule has 0 unspecified atom stereocenters. The summed E-state index contributed by atoms with van der Waals surface area (Å²) in [6.45, 7) is 1.74. The van der Waals surface area contributed by atoms with Crippen molar-refractivity contribution in [2.45, 2.75) is 19.4 Å². The van der Waals surface area contributed by atoms with Crippen LogP contribution in [0.15, 0.2) is 48.5 Å². The minimum absolute atomic E-state index is 0.00521. The van der Waals surface area contributed by atoms with Gasteiger partial charge in [-0.1, -0.05) is 24.3 Å². The number of hydrogen-bond donors (Lipinski definition) is 1. The number of nitro groups is 1. The molecule has 0 radical (unpaired) electrons. The fraction of sp³-hybridized carbons (Fsp3) is 0.263. The SMILES string of the molecule is O=C(NCc1cccc(C(=O)N2CCCC2)c1)c1ccccc1[N+](=O)[O-]. The maximum atomic E-state index is 12.4. The Bertz CT molecular complexity index is 844. The molecule has 26 heavy (non-hydrogen) atoms. The Hall–Kier alpha value is -3.22. The van der Waals surface area contributed by atoms with Crippen LogP contribution in [0.5, 0.6) is 0 Å². The molecule has 1 saturated heterocycles. The molecular weight excluding hydrogens is 334 g/mol. The second-order valence-electron chi connectivity index (χ2n) is 6.16. The molecule has 1 aliphatic rings. The Morgan fingerprint density at radius 2 is 1.81 bits per heavy atom. The van der Waals surface area contributed by atoms with Gasteiger partial charge in [0.2, 0.25) is 0 Å². The minimum atomic E-state index is -0.579. The number of nitro benzene ring substituents is 1. The van der Waals surface area contributed by atoms with Crippen molar-refractivity contribution in [3.63, 3.8) is 0 Å². The van der Waals surface area contributed by atoms with Crippen molar-refractivity contribution in [2.75, 3.05) is 13.1 Å². The standard InChI is InChI=1S/C19H19N3O4/c23-18(16-8-1-2-9-17(16)22(25)26)20-13-14-6-5-7-15(12-14)19(24)21-10-3-4-11-21/h1-2,5-9,12H,3-4,10-11,13H2,(H,20,23). The van der Waals surface area contributed by atoms with Crippen LogP contribution in [0.3, 0.4) is 0 Å². The molecule has 7 nitrogen and oxygen atoms in total. The lowest BCUT2D eigenvalue weighted by Crippen LogP contribution is -2.28. The largest absolute Gasteiger partial charge is 0.348 e. The molecule has 0 spiro atoms. The molecule has 0 saturated carbocycles. The van der Waals surface area contributed by atoms with E-state index in [1.165, 1.54) is 18.2 Å². The van der Waals surface area contributed by atoms with Gasteiger partial charge in [0.05, 0.1) is 4.92 Å². The molecule has 2 aromatic carbocycles.